The molecular weight excluding hydrogens is 235 g/mol. The van der Waals surface area contributed by atoms with Crippen LogP contribution in [0.1, 0.15) is 40.0 Å². The van der Waals surface area contributed by atoms with Gasteiger partial charge in [0.2, 0.25) is 0 Å². The van der Waals surface area contributed by atoms with Gasteiger partial charge < -0.3 is 0 Å². The third kappa shape index (κ3) is 1.86. The van der Waals surface area contributed by atoms with E-state index in [1.807, 2.05) is 0 Å². The molecule has 0 aliphatic heterocycles. The van der Waals surface area contributed by atoms with Gasteiger partial charge >= 0.3 is 0 Å². The summed E-state index contributed by atoms with van der Waals surface area (Å²) in [7, 11) is 0. The smallest absolute Gasteiger partial charge is 0.0161 e. The summed E-state index contributed by atoms with van der Waals surface area (Å²) in [6.45, 7) is 7.18. The summed E-state index contributed by atoms with van der Waals surface area (Å²) in [5, 5.41) is 0. The van der Waals surface area contributed by atoms with Crippen LogP contribution in [0.2, 0.25) is 0 Å². The van der Waals surface area contributed by atoms with Gasteiger partial charge in [-0.15, -0.1) is 0 Å². The molecule has 0 N–H and O–H groups in total. The van der Waals surface area contributed by atoms with Crippen LogP contribution in [0.15, 0.2) is 0 Å². The highest BCUT2D eigenvalue weighted by Gasteiger charge is 2.32. The second-order valence-electron chi connectivity index (χ2n) is 4.34. The Kier molecular flexibility index (Phi) is 2.64. The number of hydrogen-bond acceptors (Lipinski definition) is 0. The van der Waals surface area contributed by atoms with Crippen LogP contribution in [0, 0.1) is 11.3 Å². The summed E-state index contributed by atoms with van der Waals surface area (Å²) in [4.78, 5) is 0. The SMILES string of the molecule is C[C@@H]1CCC(I)C(C)(C)C1. The van der Waals surface area contributed by atoms with Crippen molar-refractivity contribution in [1.82, 2.24) is 0 Å². The maximum Gasteiger partial charge on any atom is 0.0161 e. The van der Waals surface area contributed by atoms with Crippen LogP contribution in [0.4, 0.5) is 0 Å². The van der Waals surface area contributed by atoms with E-state index >= 15 is 0 Å². The Morgan fingerprint density at radius 3 is 2.30 bits per heavy atom. The van der Waals surface area contributed by atoms with Crippen LogP contribution in [-0.4, -0.2) is 3.92 Å². The molecule has 0 spiro atoms. The van der Waals surface area contributed by atoms with Gasteiger partial charge in [-0.05, 0) is 30.6 Å². The van der Waals surface area contributed by atoms with Crippen LogP contribution < -0.4 is 0 Å². The summed E-state index contributed by atoms with van der Waals surface area (Å²) in [5.41, 5.74) is 0.595. The summed E-state index contributed by atoms with van der Waals surface area (Å²) >= 11 is 2.61. The van der Waals surface area contributed by atoms with E-state index in [1.54, 1.807) is 0 Å². The average Bonchev–Trinajstić information content (AvgIpc) is 1.78. The van der Waals surface area contributed by atoms with Crippen LogP contribution in [0.3, 0.4) is 0 Å². The molecule has 1 fully saturated rings. The van der Waals surface area contributed by atoms with E-state index in [4.69, 9.17) is 0 Å². The predicted octanol–water partition coefficient (Wildman–Crippen LogP) is 3.64. The van der Waals surface area contributed by atoms with E-state index in [-0.39, 0.29) is 0 Å². The van der Waals surface area contributed by atoms with Gasteiger partial charge in [0.25, 0.3) is 0 Å². The number of halogens is 1. The fourth-order valence-electron chi connectivity index (χ4n) is 1.95. The Labute approximate surface area is 77.9 Å². The first-order valence-corrected chi connectivity index (χ1v) is 5.41. The minimum absolute atomic E-state index is 0.595. The van der Waals surface area contributed by atoms with Crippen molar-refractivity contribution in [3.63, 3.8) is 0 Å². The topological polar surface area (TPSA) is 0 Å². The molecule has 0 aromatic carbocycles. The summed E-state index contributed by atoms with van der Waals surface area (Å²) in [6, 6.07) is 0. The van der Waals surface area contributed by atoms with Crippen LogP contribution in [-0.2, 0) is 0 Å². The van der Waals surface area contributed by atoms with E-state index in [0.29, 0.717) is 5.41 Å². The van der Waals surface area contributed by atoms with Gasteiger partial charge in [0, 0.05) is 3.92 Å². The molecule has 0 aromatic heterocycles. The molecule has 0 aromatic rings. The Bertz CT molecular complexity index is 118. The zero-order chi connectivity index (χ0) is 7.78. The van der Waals surface area contributed by atoms with Crippen LogP contribution >= 0.6 is 22.6 Å². The van der Waals surface area contributed by atoms with Crippen molar-refractivity contribution in [2.24, 2.45) is 11.3 Å². The molecule has 1 saturated carbocycles. The molecule has 1 unspecified atom stereocenters. The maximum absolute atomic E-state index is 2.61. The van der Waals surface area contributed by atoms with Crippen molar-refractivity contribution in [2.45, 2.75) is 44.0 Å². The molecule has 10 heavy (non-hydrogen) atoms. The molecule has 1 aliphatic carbocycles. The molecule has 1 aliphatic rings. The van der Waals surface area contributed by atoms with E-state index in [0.717, 1.165) is 9.84 Å². The highest BCUT2D eigenvalue weighted by atomic mass is 127. The van der Waals surface area contributed by atoms with E-state index in [9.17, 15) is 0 Å². The summed E-state index contributed by atoms with van der Waals surface area (Å²) < 4.78 is 0.904. The maximum atomic E-state index is 2.61. The zero-order valence-electron chi connectivity index (χ0n) is 7.15. The Morgan fingerprint density at radius 1 is 1.30 bits per heavy atom. The molecule has 0 nitrogen and oxygen atoms in total. The average molecular weight is 252 g/mol. The summed E-state index contributed by atoms with van der Waals surface area (Å²) in [5.74, 6) is 0.959. The zero-order valence-corrected chi connectivity index (χ0v) is 9.31. The van der Waals surface area contributed by atoms with E-state index < -0.39 is 0 Å². The van der Waals surface area contributed by atoms with Crippen molar-refractivity contribution in [3.05, 3.63) is 0 Å². The van der Waals surface area contributed by atoms with Crippen molar-refractivity contribution >= 4 is 22.6 Å². The lowest BCUT2D eigenvalue weighted by Crippen LogP contribution is -2.31. The fourth-order valence-corrected chi connectivity index (χ4v) is 2.56. The number of alkyl halides is 1. The van der Waals surface area contributed by atoms with E-state index in [2.05, 4.69) is 43.4 Å². The Balaban J connectivity index is 2.55. The van der Waals surface area contributed by atoms with Gasteiger partial charge in [0.05, 0.1) is 0 Å². The van der Waals surface area contributed by atoms with Crippen molar-refractivity contribution in [3.8, 4) is 0 Å². The normalized spacial score (nSPS) is 39.6. The quantitative estimate of drug-likeness (QED) is 0.456. The number of hydrogen-bond donors (Lipinski definition) is 0. The minimum atomic E-state index is 0.595. The first kappa shape index (κ1) is 8.82. The van der Waals surface area contributed by atoms with Crippen molar-refractivity contribution in [1.29, 1.82) is 0 Å². The first-order chi connectivity index (χ1) is 4.52. The monoisotopic (exact) mass is 252 g/mol. The standard InChI is InChI=1S/C9H17I/c1-7-4-5-8(10)9(2,3)6-7/h7-8H,4-6H2,1-3H3/t7-,8?/m1/s1. The predicted molar refractivity (Wildman–Crippen MR) is 54.6 cm³/mol. The molecule has 0 amide bonds. The van der Waals surface area contributed by atoms with Gasteiger partial charge in [-0.3, -0.25) is 0 Å². The lowest BCUT2D eigenvalue weighted by molar-refractivity contribution is 0.209. The third-order valence-corrected chi connectivity index (χ3v) is 4.94. The third-order valence-electron chi connectivity index (χ3n) is 2.64. The van der Waals surface area contributed by atoms with Gasteiger partial charge in [0.1, 0.15) is 0 Å². The molecule has 0 saturated heterocycles. The molecule has 0 bridgehead atoms. The van der Waals surface area contributed by atoms with Gasteiger partial charge in [-0.2, -0.15) is 0 Å². The van der Waals surface area contributed by atoms with Gasteiger partial charge in [0.15, 0.2) is 0 Å². The Hall–Kier alpha value is 0.730. The second kappa shape index (κ2) is 3.00. The van der Waals surface area contributed by atoms with E-state index in [1.165, 1.54) is 19.3 Å². The molecular formula is C9H17I. The number of rotatable bonds is 0. The fraction of sp³-hybridized carbons (Fsp3) is 1.00. The lowest BCUT2D eigenvalue weighted by Gasteiger charge is -2.38. The first-order valence-electron chi connectivity index (χ1n) is 4.16. The van der Waals surface area contributed by atoms with Crippen LogP contribution in [0.5, 0.6) is 0 Å². The molecule has 1 heteroatoms. The lowest BCUT2D eigenvalue weighted by atomic mass is 9.73. The highest BCUT2D eigenvalue weighted by Crippen LogP contribution is 2.42. The molecule has 0 radical (unpaired) electrons. The Morgan fingerprint density at radius 2 is 1.90 bits per heavy atom. The van der Waals surface area contributed by atoms with Gasteiger partial charge in [-0.25, -0.2) is 0 Å². The summed E-state index contributed by atoms with van der Waals surface area (Å²) in [6.07, 6.45) is 4.28. The van der Waals surface area contributed by atoms with Crippen molar-refractivity contribution < 1.29 is 0 Å². The van der Waals surface area contributed by atoms with Crippen molar-refractivity contribution in [2.75, 3.05) is 0 Å². The minimum Gasteiger partial charge on any atom is -0.0820 e. The second-order valence-corrected chi connectivity index (χ2v) is 5.85. The van der Waals surface area contributed by atoms with Crippen LogP contribution in [0.25, 0.3) is 0 Å². The molecule has 1 rings (SSSR count). The largest absolute Gasteiger partial charge is 0.0820 e. The molecule has 60 valence electrons. The van der Waals surface area contributed by atoms with Gasteiger partial charge in [-0.1, -0.05) is 43.4 Å². The molecule has 2 atom stereocenters. The molecule has 0 heterocycles. The highest BCUT2D eigenvalue weighted by molar-refractivity contribution is 14.1.